The average Bonchev–Trinajstić information content (AvgIpc) is 2.85. The fourth-order valence-electron chi connectivity index (χ4n) is 3.02. The van der Waals surface area contributed by atoms with E-state index < -0.39 is 10.8 Å². The summed E-state index contributed by atoms with van der Waals surface area (Å²) in [6, 6.07) is 22.9. The Morgan fingerprint density at radius 1 is 1.06 bits per heavy atom. The van der Waals surface area contributed by atoms with Gasteiger partial charge in [-0.25, -0.2) is 0 Å². The van der Waals surface area contributed by atoms with Crippen LogP contribution in [-0.4, -0.2) is 17.9 Å². The van der Waals surface area contributed by atoms with Gasteiger partial charge in [0.25, 0.3) is 11.6 Å². The van der Waals surface area contributed by atoms with Gasteiger partial charge in [-0.3, -0.25) is 14.9 Å². The highest BCUT2D eigenvalue weighted by Crippen LogP contribution is 2.36. The van der Waals surface area contributed by atoms with Gasteiger partial charge in [0.1, 0.15) is 18.2 Å². The number of nitro benzene ring substituents is 1. The molecule has 0 aromatic heterocycles. The van der Waals surface area contributed by atoms with Crippen LogP contribution in [0.25, 0.3) is 6.08 Å². The third kappa shape index (κ3) is 6.18. The molecule has 0 aliphatic rings. The first-order valence-corrected chi connectivity index (χ1v) is 9.99. The van der Waals surface area contributed by atoms with Gasteiger partial charge < -0.3 is 14.8 Å². The second-order valence-electron chi connectivity index (χ2n) is 6.93. The van der Waals surface area contributed by atoms with Crippen molar-refractivity contribution in [2.24, 2.45) is 0 Å². The molecule has 3 aromatic carbocycles. The molecule has 33 heavy (non-hydrogen) atoms. The van der Waals surface area contributed by atoms with E-state index in [9.17, 15) is 20.2 Å². The van der Waals surface area contributed by atoms with Crippen LogP contribution in [0.15, 0.2) is 78.4 Å². The quantitative estimate of drug-likeness (QED) is 0.227. The lowest BCUT2D eigenvalue weighted by atomic mass is 10.1. The Hall–Kier alpha value is -4.64. The molecule has 166 valence electrons. The number of carbonyl (C=O) groups excluding carboxylic acids is 1. The molecule has 3 aromatic rings. The molecule has 0 fully saturated rings. The summed E-state index contributed by atoms with van der Waals surface area (Å²) in [5.74, 6) is -0.221. The molecule has 0 heterocycles. The largest absolute Gasteiger partial charge is 0.493 e. The number of ether oxygens (including phenoxy) is 2. The number of hydrogen-bond donors (Lipinski definition) is 1. The zero-order chi connectivity index (χ0) is 23.6. The molecule has 8 heteroatoms. The Labute approximate surface area is 190 Å². The fraction of sp³-hybridized carbons (Fsp3) is 0.120. The highest BCUT2D eigenvalue weighted by molar-refractivity contribution is 6.02. The van der Waals surface area contributed by atoms with Crippen molar-refractivity contribution in [2.45, 2.75) is 13.2 Å². The number of hydrogen-bond acceptors (Lipinski definition) is 6. The maximum atomic E-state index is 12.5. The summed E-state index contributed by atoms with van der Waals surface area (Å²) >= 11 is 0. The first-order chi connectivity index (χ1) is 16.0. The Balaban J connectivity index is 1.86. The zero-order valence-electron chi connectivity index (χ0n) is 17.9. The molecule has 0 radical (unpaired) electrons. The van der Waals surface area contributed by atoms with E-state index in [1.54, 1.807) is 6.07 Å². The number of carbonyl (C=O) groups is 1. The lowest BCUT2D eigenvalue weighted by molar-refractivity contribution is -0.385. The molecule has 3 rings (SSSR count). The number of nitro groups is 1. The molecule has 0 atom stereocenters. The van der Waals surface area contributed by atoms with Gasteiger partial charge in [0.2, 0.25) is 0 Å². The summed E-state index contributed by atoms with van der Waals surface area (Å²) in [5.41, 5.74) is 1.20. The van der Waals surface area contributed by atoms with E-state index in [1.165, 1.54) is 25.3 Å². The van der Waals surface area contributed by atoms with Crippen LogP contribution < -0.4 is 14.8 Å². The highest BCUT2D eigenvalue weighted by atomic mass is 16.6. The van der Waals surface area contributed by atoms with E-state index in [0.717, 1.165) is 11.1 Å². The summed E-state index contributed by atoms with van der Waals surface area (Å²) in [7, 11) is 1.40. The van der Waals surface area contributed by atoms with Crippen LogP contribution in [-0.2, 0) is 17.9 Å². The summed E-state index contributed by atoms with van der Waals surface area (Å²) < 4.78 is 11.1. The summed E-state index contributed by atoms with van der Waals surface area (Å²) in [5, 5.41) is 23.8. The predicted octanol–water partition coefficient (Wildman–Crippen LogP) is 4.41. The van der Waals surface area contributed by atoms with Crippen molar-refractivity contribution in [2.75, 3.05) is 7.11 Å². The van der Waals surface area contributed by atoms with Crippen LogP contribution in [0.1, 0.15) is 16.7 Å². The van der Waals surface area contributed by atoms with Crippen LogP contribution in [0, 0.1) is 21.4 Å². The second-order valence-corrected chi connectivity index (χ2v) is 6.93. The van der Waals surface area contributed by atoms with Gasteiger partial charge in [0.05, 0.1) is 23.7 Å². The minimum atomic E-state index is -0.640. The zero-order valence-corrected chi connectivity index (χ0v) is 17.9. The SMILES string of the molecule is COc1cc(/C=C(\C#N)C(=O)NCc2ccccc2)c([N+](=O)[O-])cc1OCc1ccccc1. The van der Waals surface area contributed by atoms with Gasteiger partial charge >= 0.3 is 0 Å². The maximum Gasteiger partial charge on any atom is 0.280 e. The van der Waals surface area contributed by atoms with Gasteiger partial charge in [-0.05, 0) is 23.3 Å². The van der Waals surface area contributed by atoms with Crippen LogP contribution in [0.2, 0.25) is 0 Å². The number of nitriles is 1. The number of rotatable bonds is 9. The predicted molar refractivity (Wildman–Crippen MR) is 122 cm³/mol. The number of nitrogens with zero attached hydrogens (tertiary/aromatic N) is 2. The van der Waals surface area contributed by atoms with Crippen LogP contribution in [0.5, 0.6) is 11.5 Å². The molecule has 1 N–H and O–H groups in total. The van der Waals surface area contributed by atoms with Gasteiger partial charge in [-0.1, -0.05) is 60.7 Å². The molecule has 0 saturated heterocycles. The van der Waals surface area contributed by atoms with Crippen LogP contribution >= 0.6 is 0 Å². The minimum Gasteiger partial charge on any atom is -0.493 e. The molecule has 0 aliphatic heterocycles. The first-order valence-electron chi connectivity index (χ1n) is 9.99. The van der Waals surface area contributed by atoms with E-state index in [2.05, 4.69) is 5.32 Å². The van der Waals surface area contributed by atoms with Crippen LogP contribution in [0.4, 0.5) is 5.69 Å². The van der Waals surface area contributed by atoms with Crippen molar-refractivity contribution in [3.8, 4) is 17.6 Å². The van der Waals surface area contributed by atoms with Crippen molar-refractivity contribution in [3.05, 3.63) is 105 Å². The minimum absolute atomic E-state index is 0.0512. The van der Waals surface area contributed by atoms with E-state index in [1.807, 2.05) is 60.7 Å². The molecule has 1 amide bonds. The molecule has 0 aliphatic carbocycles. The Bertz CT molecular complexity index is 1200. The smallest absolute Gasteiger partial charge is 0.280 e. The molecular weight excluding hydrogens is 422 g/mol. The Morgan fingerprint density at radius 2 is 1.70 bits per heavy atom. The molecule has 0 bridgehead atoms. The monoisotopic (exact) mass is 443 g/mol. The maximum absolute atomic E-state index is 12.5. The van der Waals surface area contributed by atoms with Gasteiger partial charge in [-0.2, -0.15) is 5.26 Å². The normalized spacial score (nSPS) is 10.7. The molecule has 0 unspecified atom stereocenters. The number of amides is 1. The Morgan fingerprint density at radius 3 is 2.27 bits per heavy atom. The van der Waals surface area contributed by atoms with Crippen molar-refractivity contribution < 1.29 is 19.2 Å². The second kappa shape index (κ2) is 11.1. The van der Waals surface area contributed by atoms with Crippen molar-refractivity contribution in [3.63, 3.8) is 0 Å². The topological polar surface area (TPSA) is 114 Å². The Kier molecular flexibility index (Phi) is 7.76. The highest BCUT2D eigenvalue weighted by Gasteiger charge is 2.21. The average molecular weight is 443 g/mol. The van der Waals surface area contributed by atoms with E-state index in [0.29, 0.717) is 0 Å². The molecular formula is C25H21N3O5. The third-order valence-electron chi connectivity index (χ3n) is 4.71. The molecule has 8 nitrogen and oxygen atoms in total. The first kappa shape index (κ1) is 23.0. The molecule has 0 spiro atoms. The standard InChI is InChI=1S/C25H21N3O5/c1-32-23-13-20(12-21(15-26)25(29)27-16-18-8-4-2-5-9-18)22(28(30)31)14-24(23)33-17-19-10-6-3-7-11-19/h2-14H,16-17H2,1H3,(H,27,29)/b21-12+. The number of methoxy groups -OCH3 is 1. The van der Waals surface area contributed by atoms with Crippen molar-refractivity contribution in [1.82, 2.24) is 5.32 Å². The summed E-state index contributed by atoms with van der Waals surface area (Å²) in [6.45, 7) is 0.408. The van der Waals surface area contributed by atoms with Crippen molar-refractivity contribution >= 4 is 17.7 Å². The van der Waals surface area contributed by atoms with Crippen LogP contribution in [0.3, 0.4) is 0 Å². The number of nitrogens with one attached hydrogen (secondary N) is 1. The lowest BCUT2D eigenvalue weighted by Gasteiger charge is -2.12. The fourth-order valence-corrected chi connectivity index (χ4v) is 3.02. The van der Waals surface area contributed by atoms with Gasteiger partial charge in [-0.15, -0.1) is 0 Å². The van der Waals surface area contributed by atoms with E-state index >= 15 is 0 Å². The summed E-state index contributed by atoms with van der Waals surface area (Å²) in [4.78, 5) is 23.6. The molecule has 0 saturated carbocycles. The van der Waals surface area contributed by atoms with Crippen molar-refractivity contribution in [1.29, 1.82) is 5.26 Å². The van der Waals surface area contributed by atoms with E-state index in [4.69, 9.17) is 9.47 Å². The third-order valence-corrected chi connectivity index (χ3v) is 4.71. The van der Waals surface area contributed by atoms with Gasteiger partial charge in [0, 0.05) is 6.54 Å². The number of benzene rings is 3. The summed E-state index contributed by atoms with van der Waals surface area (Å²) in [6.07, 6.45) is 1.17. The van der Waals surface area contributed by atoms with Gasteiger partial charge in [0.15, 0.2) is 11.5 Å². The van der Waals surface area contributed by atoms with E-state index in [-0.39, 0.29) is 41.5 Å². The lowest BCUT2D eigenvalue weighted by Crippen LogP contribution is -2.23.